The summed E-state index contributed by atoms with van der Waals surface area (Å²) in [6, 6.07) is 6.86. The van der Waals surface area contributed by atoms with E-state index in [1.54, 1.807) is 24.3 Å². The summed E-state index contributed by atoms with van der Waals surface area (Å²) in [7, 11) is 1.49. The molecule has 0 bridgehead atoms. The first-order valence-corrected chi connectivity index (χ1v) is 6.91. The van der Waals surface area contributed by atoms with E-state index in [-0.39, 0.29) is 26.3 Å². The van der Waals surface area contributed by atoms with Gasteiger partial charge in [-0.1, -0.05) is 0 Å². The molecule has 1 N–H and O–H groups in total. The number of benzene rings is 1. The smallest absolute Gasteiger partial charge is 0.323 e. The molecule has 0 radical (unpaired) electrons. The summed E-state index contributed by atoms with van der Waals surface area (Å²) in [6.45, 7) is 2.32. The molecule has 0 saturated carbocycles. The van der Waals surface area contributed by atoms with Crippen LogP contribution in [0.25, 0.3) is 0 Å². The predicted octanol–water partition coefficient (Wildman–Crippen LogP) is 1.02. The molecule has 122 valence electrons. The van der Waals surface area contributed by atoms with E-state index >= 15 is 0 Å². The number of hydrogen-bond acceptors (Lipinski definition) is 5. The molecule has 0 aliphatic heterocycles. The molecular formula is C15H21NO6. The average molecular weight is 311 g/mol. The van der Waals surface area contributed by atoms with Crippen LogP contribution in [0.1, 0.15) is 6.92 Å². The van der Waals surface area contributed by atoms with Crippen LogP contribution in [0.5, 0.6) is 11.5 Å². The fraction of sp³-hybridized carbons (Fsp3) is 0.467. The molecule has 0 heterocycles. The van der Waals surface area contributed by atoms with Crippen molar-refractivity contribution in [3.8, 4) is 11.5 Å². The van der Waals surface area contributed by atoms with Gasteiger partial charge < -0.3 is 24.2 Å². The van der Waals surface area contributed by atoms with Gasteiger partial charge in [0.25, 0.3) is 5.91 Å². The molecule has 0 aliphatic rings. The Labute approximate surface area is 129 Å². The number of amides is 1. The number of ether oxygens (including phenoxy) is 3. The van der Waals surface area contributed by atoms with Crippen LogP contribution < -0.4 is 9.47 Å². The molecule has 1 aromatic rings. The van der Waals surface area contributed by atoms with E-state index < -0.39 is 11.9 Å². The Kier molecular flexibility index (Phi) is 7.77. The maximum Gasteiger partial charge on any atom is 0.323 e. The molecule has 0 spiro atoms. The Morgan fingerprint density at radius 3 is 2.23 bits per heavy atom. The summed E-state index contributed by atoms with van der Waals surface area (Å²) < 4.78 is 15.5. The van der Waals surface area contributed by atoms with Crippen molar-refractivity contribution in [3.63, 3.8) is 0 Å². The van der Waals surface area contributed by atoms with Crippen molar-refractivity contribution in [2.75, 3.05) is 40.0 Å². The lowest BCUT2D eigenvalue weighted by Gasteiger charge is -2.20. The van der Waals surface area contributed by atoms with Gasteiger partial charge in [-0.3, -0.25) is 9.59 Å². The van der Waals surface area contributed by atoms with Crippen LogP contribution in [0, 0.1) is 0 Å². The highest BCUT2D eigenvalue weighted by Gasteiger charge is 2.17. The van der Waals surface area contributed by atoms with Crippen LogP contribution >= 0.6 is 0 Å². The van der Waals surface area contributed by atoms with Gasteiger partial charge in [0.2, 0.25) is 0 Å². The first kappa shape index (κ1) is 17.8. The SMILES string of the molecule is CCOc1ccc(OCC(=O)N(CCOC)CC(=O)O)cc1. The molecule has 1 aromatic carbocycles. The van der Waals surface area contributed by atoms with E-state index in [2.05, 4.69) is 0 Å². The van der Waals surface area contributed by atoms with Crippen LogP contribution in [0.4, 0.5) is 0 Å². The van der Waals surface area contributed by atoms with Gasteiger partial charge in [-0.05, 0) is 31.2 Å². The molecule has 7 nitrogen and oxygen atoms in total. The fourth-order valence-electron chi connectivity index (χ4n) is 1.69. The first-order chi connectivity index (χ1) is 10.6. The minimum Gasteiger partial charge on any atom is -0.494 e. The summed E-state index contributed by atoms with van der Waals surface area (Å²) in [5.41, 5.74) is 0. The van der Waals surface area contributed by atoms with Crippen molar-refractivity contribution in [3.05, 3.63) is 24.3 Å². The Balaban J connectivity index is 2.52. The van der Waals surface area contributed by atoms with Gasteiger partial charge in [0.1, 0.15) is 18.0 Å². The maximum atomic E-state index is 12.0. The zero-order chi connectivity index (χ0) is 16.4. The van der Waals surface area contributed by atoms with E-state index in [0.717, 1.165) is 0 Å². The zero-order valence-electron chi connectivity index (χ0n) is 12.8. The van der Waals surface area contributed by atoms with Crippen LogP contribution in [0.15, 0.2) is 24.3 Å². The first-order valence-electron chi connectivity index (χ1n) is 6.91. The molecular weight excluding hydrogens is 290 g/mol. The van der Waals surface area contributed by atoms with Crippen molar-refractivity contribution in [2.24, 2.45) is 0 Å². The second-order valence-electron chi connectivity index (χ2n) is 4.39. The van der Waals surface area contributed by atoms with Crippen molar-refractivity contribution in [1.82, 2.24) is 4.90 Å². The van der Waals surface area contributed by atoms with Gasteiger partial charge >= 0.3 is 5.97 Å². The van der Waals surface area contributed by atoms with Crippen LogP contribution in [0.2, 0.25) is 0 Å². The Morgan fingerprint density at radius 2 is 1.73 bits per heavy atom. The number of carboxylic acid groups (broad SMARTS) is 1. The highest BCUT2D eigenvalue weighted by molar-refractivity contribution is 5.82. The van der Waals surface area contributed by atoms with Gasteiger partial charge in [-0.15, -0.1) is 0 Å². The lowest BCUT2D eigenvalue weighted by atomic mass is 10.3. The molecule has 0 aliphatic carbocycles. The number of nitrogens with zero attached hydrogens (tertiary/aromatic N) is 1. The maximum absolute atomic E-state index is 12.0. The Bertz CT molecular complexity index is 473. The standard InChI is InChI=1S/C15H21NO6/c1-3-21-12-4-6-13(7-5-12)22-11-14(17)16(8-9-20-2)10-15(18)19/h4-7H,3,8-11H2,1-2H3,(H,18,19). The normalized spacial score (nSPS) is 10.1. The van der Waals surface area contributed by atoms with Crippen molar-refractivity contribution in [1.29, 1.82) is 0 Å². The molecule has 7 heteroatoms. The summed E-state index contributed by atoms with van der Waals surface area (Å²) in [5, 5.41) is 8.81. The molecule has 0 fully saturated rings. The number of carbonyl (C=O) groups excluding carboxylic acids is 1. The summed E-state index contributed by atoms with van der Waals surface area (Å²) in [6.07, 6.45) is 0. The zero-order valence-corrected chi connectivity index (χ0v) is 12.8. The van der Waals surface area contributed by atoms with Crippen LogP contribution in [-0.2, 0) is 14.3 Å². The number of carbonyl (C=O) groups is 2. The van der Waals surface area contributed by atoms with E-state index in [9.17, 15) is 9.59 Å². The number of carboxylic acids is 1. The monoisotopic (exact) mass is 311 g/mol. The number of methoxy groups -OCH3 is 1. The molecule has 1 amide bonds. The predicted molar refractivity (Wildman–Crippen MR) is 79.2 cm³/mol. The molecule has 0 unspecified atom stereocenters. The third-order valence-electron chi connectivity index (χ3n) is 2.74. The van der Waals surface area contributed by atoms with Crippen molar-refractivity contribution in [2.45, 2.75) is 6.92 Å². The van der Waals surface area contributed by atoms with Gasteiger partial charge in [0, 0.05) is 13.7 Å². The van der Waals surface area contributed by atoms with Crippen molar-refractivity contribution >= 4 is 11.9 Å². The molecule has 0 atom stereocenters. The summed E-state index contributed by atoms with van der Waals surface area (Å²) >= 11 is 0. The second kappa shape index (κ2) is 9.62. The van der Waals surface area contributed by atoms with E-state index in [4.69, 9.17) is 19.3 Å². The topological polar surface area (TPSA) is 85.3 Å². The highest BCUT2D eigenvalue weighted by atomic mass is 16.5. The summed E-state index contributed by atoms with van der Waals surface area (Å²) in [5.74, 6) is -0.258. The third-order valence-corrected chi connectivity index (χ3v) is 2.74. The van der Waals surface area contributed by atoms with Gasteiger partial charge in [-0.2, -0.15) is 0 Å². The van der Waals surface area contributed by atoms with Crippen LogP contribution in [0.3, 0.4) is 0 Å². The fourth-order valence-corrected chi connectivity index (χ4v) is 1.69. The number of hydrogen-bond donors (Lipinski definition) is 1. The number of rotatable bonds is 10. The number of aliphatic carboxylic acids is 1. The molecule has 22 heavy (non-hydrogen) atoms. The van der Waals surface area contributed by atoms with E-state index in [1.165, 1.54) is 12.0 Å². The highest BCUT2D eigenvalue weighted by Crippen LogP contribution is 2.17. The van der Waals surface area contributed by atoms with Gasteiger partial charge in [-0.25, -0.2) is 0 Å². The molecule has 0 aromatic heterocycles. The molecule has 1 rings (SSSR count). The Morgan fingerprint density at radius 1 is 1.14 bits per heavy atom. The second-order valence-corrected chi connectivity index (χ2v) is 4.39. The summed E-state index contributed by atoms with van der Waals surface area (Å²) in [4.78, 5) is 23.9. The van der Waals surface area contributed by atoms with E-state index in [1.807, 2.05) is 6.92 Å². The largest absolute Gasteiger partial charge is 0.494 e. The van der Waals surface area contributed by atoms with Crippen molar-refractivity contribution < 1.29 is 28.9 Å². The third kappa shape index (κ3) is 6.45. The average Bonchev–Trinajstić information content (AvgIpc) is 2.50. The Hall–Kier alpha value is -2.28. The lowest BCUT2D eigenvalue weighted by molar-refractivity contribution is -0.145. The van der Waals surface area contributed by atoms with E-state index in [0.29, 0.717) is 18.1 Å². The minimum absolute atomic E-state index is 0.203. The molecule has 0 saturated heterocycles. The lowest BCUT2D eigenvalue weighted by Crippen LogP contribution is -2.40. The van der Waals surface area contributed by atoms with Crippen LogP contribution in [-0.4, -0.2) is 61.9 Å². The van der Waals surface area contributed by atoms with Gasteiger partial charge in [0.15, 0.2) is 6.61 Å². The van der Waals surface area contributed by atoms with Gasteiger partial charge in [0.05, 0.1) is 13.2 Å². The minimum atomic E-state index is -1.08. The quantitative estimate of drug-likeness (QED) is 0.694.